The molecule has 1 amide bonds. The van der Waals surface area contributed by atoms with Crippen molar-refractivity contribution >= 4 is 22.7 Å². The highest BCUT2D eigenvalue weighted by Gasteiger charge is 2.28. The van der Waals surface area contributed by atoms with Crippen LogP contribution in [0, 0.1) is 0 Å². The first-order valence-electron chi connectivity index (χ1n) is 7.16. The van der Waals surface area contributed by atoms with Crippen LogP contribution in [-0.2, 0) is 25.1 Å². The van der Waals surface area contributed by atoms with E-state index in [2.05, 4.69) is 5.32 Å². The smallest absolute Gasteiger partial charge is 0.326 e. The molecule has 22 heavy (non-hydrogen) atoms. The normalized spacial score (nSPS) is 20.3. The van der Waals surface area contributed by atoms with Crippen LogP contribution < -0.4 is 5.32 Å². The second-order valence-electron chi connectivity index (χ2n) is 5.05. The first kappa shape index (κ1) is 16.6. The molecule has 0 aliphatic carbocycles. The van der Waals surface area contributed by atoms with Crippen LogP contribution in [0.1, 0.15) is 19.3 Å². The van der Waals surface area contributed by atoms with E-state index in [-0.39, 0.29) is 12.2 Å². The van der Waals surface area contributed by atoms with Crippen LogP contribution in [0.25, 0.3) is 0 Å². The van der Waals surface area contributed by atoms with Gasteiger partial charge in [-0.2, -0.15) is 0 Å². The average Bonchev–Trinajstić information content (AvgIpc) is 3.06. The number of carboxylic acids is 1. The largest absolute Gasteiger partial charge is 0.480 e. The third-order valence-electron chi connectivity index (χ3n) is 3.43. The number of carbonyl (C=O) groups excluding carboxylic acids is 1. The van der Waals surface area contributed by atoms with Gasteiger partial charge in [-0.1, -0.05) is 18.2 Å². The summed E-state index contributed by atoms with van der Waals surface area (Å²) in [4.78, 5) is 23.8. The van der Waals surface area contributed by atoms with Gasteiger partial charge in [-0.3, -0.25) is 9.00 Å². The molecule has 120 valence electrons. The summed E-state index contributed by atoms with van der Waals surface area (Å²) >= 11 is 0. The number of aliphatic carboxylic acids is 1. The lowest BCUT2D eigenvalue weighted by Crippen LogP contribution is -2.45. The second-order valence-corrected chi connectivity index (χ2v) is 6.62. The Morgan fingerprint density at radius 3 is 2.68 bits per heavy atom. The van der Waals surface area contributed by atoms with Crippen molar-refractivity contribution in [3.05, 3.63) is 30.3 Å². The lowest BCUT2D eigenvalue weighted by Gasteiger charge is -2.17. The molecular weight excluding hydrogens is 306 g/mol. The first-order valence-corrected chi connectivity index (χ1v) is 8.48. The monoisotopic (exact) mass is 325 g/mol. The summed E-state index contributed by atoms with van der Waals surface area (Å²) in [5, 5.41) is 11.7. The Hall–Kier alpha value is -1.73. The van der Waals surface area contributed by atoms with Crippen LogP contribution in [0.5, 0.6) is 0 Å². The van der Waals surface area contributed by atoms with Crippen LogP contribution in [0.3, 0.4) is 0 Å². The number of hydrogen-bond acceptors (Lipinski definition) is 4. The van der Waals surface area contributed by atoms with E-state index in [0.717, 1.165) is 6.42 Å². The third kappa shape index (κ3) is 4.64. The van der Waals surface area contributed by atoms with Crippen molar-refractivity contribution in [1.82, 2.24) is 5.32 Å². The molecule has 1 fully saturated rings. The number of amides is 1. The Kier molecular flexibility index (Phi) is 6.09. The zero-order valence-electron chi connectivity index (χ0n) is 12.1. The molecule has 1 aliphatic heterocycles. The van der Waals surface area contributed by atoms with E-state index >= 15 is 0 Å². The quantitative estimate of drug-likeness (QED) is 0.778. The summed E-state index contributed by atoms with van der Waals surface area (Å²) < 4.78 is 17.3. The average molecular weight is 325 g/mol. The predicted octanol–water partition coefficient (Wildman–Crippen LogP) is 0.933. The summed E-state index contributed by atoms with van der Waals surface area (Å²) in [6.07, 6.45) is 0.943. The summed E-state index contributed by atoms with van der Waals surface area (Å²) in [6, 6.07) is 7.79. The lowest BCUT2D eigenvalue weighted by atomic mass is 10.2. The zero-order valence-corrected chi connectivity index (χ0v) is 12.9. The van der Waals surface area contributed by atoms with Gasteiger partial charge in [0, 0.05) is 17.3 Å². The number of carbonyl (C=O) groups is 2. The van der Waals surface area contributed by atoms with E-state index in [1.54, 1.807) is 24.3 Å². The van der Waals surface area contributed by atoms with Gasteiger partial charge in [0.05, 0.1) is 10.8 Å². The van der Waals surface area contributed by atoms with Gasteiger partial charge in [-0.25, -0.2) is 4.79 Å². The molecule has 0 radical (unpaired) electrons. The highest BCUT2D eigenvalue weighted by Crippen LogP contribution is 2.13. The highest BCUT2D eigenvalue weighted by molar-refractivity contribution is 7.85. The van der Waals surface area contributed by atoms with Gasteiger partial charge < -0.3 is 15.2 Å². The van der Waals surface area contributed by atoms with E-state index in [1.165, 1.54) is 0 Å². The van der Waals surface area contributed by atoms with E-state index in [1.807, 2.05) is 6.07 Å². The van der Waals surface area contributed by atoms with Crippen LogP contribution in [0.2, 0.25) is 0 Å². The van der Waals surface area contributed by atoms with Crippen molar-refractivity contribution in [1.29, 1.82) is 0 Å². The molecule has 1 aromatic rings. The number of benzene rings is 1. The van der Waals surface area contributed by atoms with Gasteiger partial charge in [0.15, 0.2) is 0 Å². The van der Waals surface area contributed by atoms with E-state index in [9.17, 15) is 18.9 Å². The van der Waals surface area contributed by atoms with Gasteiger partial charge in [0.2, 0.25) is 5.91 Å². The summed E-state index contributed by atoms with van der Waals surface area (Å²) in [5.41, 5.74) is 0. The summed E-state index contributed by atoms with van der Waals surface area (Å²) in [5.74, 6) is -1.36. The fraction of sp³-hybridized carbons (Fsp3) is 0.467. The Morgan fingerprint density at radius 2 is 2.09 bits per heavy atom. The van der Waals surface area contributed by atoms with Crippen molar-refractivity contribution in [3.8, 4) is 0 Å². The van der Waals surface area contributed by atoms with Crippen molar-refractivity contribution in [2.45, 2.75) is 36.3 Å². The molecule has 0 unspecified atom stereocenters. The van der Waals surface area contributed by atoms with Crippen molar-refractivity contribution in [3.63, 3.8) is 0 Å². The third-order valence-corrected chi connectivity index (χ3v) is 4.84. The molecule has 1 aromatic carbocycles. The lowest BCUT2D eigenvalue weighted by molar-refractivity contribution is -0.143. The second kappa shape index (κ2) is 8.05. The van der Waals surface area contributed by atoms with Crippen LogP contribution in [-0.4, -0.2) is 45.7 Å². The number of ether oxygens (including phenoxy) is 1. The molecule has 0 aromatic heterocycles. The minimum absolute atomic E-state index is 0.106. The zero-order chi connectivity index (χ0) is 15.9. The molecule has 0 bridgehead atoms. The molecule has 1 heterocycles. The summed E-state index contributed by atoms with van der Waals surface area (Å²) in [7, 11) is -1.28. The Labute approximate surface area is 131 Å². The van der Waals surface area contributed by atoms with E-state index in [4.69, 9.17) is 4.74 Å². The number of hydrogen-bond donors (Lipinski definition) is 2. The molecule has 6 nitrogen and oxygen atoms in total. The van der Waals surface area contributed by atoms with Crippen molar-refractivity contribution < 1.29 is 23.6 Å². The van der Waals surface area contributed by atoms with Gasteiger partial charge >= 0.3 is 5.97 Å². The molecule has 1 aliphatic rings. The minimum Gasteiger partial charge on any atom is -0.480 e. The Balaban J connectivity index is 1.87. The standard InChI is InChI=1S/C15H19NO5S/c17-14(13-7-4-9-21-13)16-12(15(18)19)8-10-22(20)11-5-2-1-3-6-11/h1-3,5-6,12-13H,4,7-10H2,(H,16,17)(H,18,19)/t12-,13-,22-/m0/s1. The minimum atomic E-state index is -1.28. The van der Waals surface area contributed by atoms with Gasteiger partial charge in [-0.05, 0) is 31.4 Å². The molecule has 1 saturated heterocycles. The molecule has 2 N–H and O–H groups in total. The number of carboxylic acid groups (broad SMARTS) is 1. The summed E-state index contributed by atoms with van der Waals surface area (Å²) in [6.45, 7) is 0.522. The Morgan fingerprint density at radius 1 is 1.36 bits per heavy atom. The van der Waals surface area contributed by atoms with Gasteiger partial charge in [0.1, 0.15) is 12.1 Å². The van der Waals surface area contributed by atoms with E-state index < -0.39 is 34.8 Å². The van der Waals surface area contributed by atoms with Crippen LogP contribution >= 0.6 is 0 Å². The highest BCUT2D eigenvalue weighted by atomic mass is 32.2. The molecule has 0 saturated carbocycles. The SMILES string of the molecule is O=C(O)[C@H](CC[S@](=O)c1ccccc1)NC(=O)[C@@H]1CCCO1. The number of rotatable bonds is 7. The number of nitrogens with one attached hydrogen (secondary N) is 1. The molecule has 2 rings (SSSR count). The van der Waals surface area contributed by atoms with Crippen molar-refractivity contribution in [2.75, 3.05) is 12.4 Å². The van der Waals surface area contributed by atoms with E-state index in [0.29, 0.717) is 17.9 Å². The topological polar surface area (TPSA) is 92.7 Å². The van der Waals surface area contributed by atoms with Crippen LogP contribution in [0.15, 0.2) is 35.2 Å². The maximum atomic E-state index is 12.1. The van der Waals surface area contributed by atoms with Gasteiger partial charge in [0.25, 0.3) is 0 Å². The molecule has 3 atom stereocenters. The molecule has 0 spiro atoms. The molecular formula is C15H19NO5S. The maximum Gasteiger partial charge on any atom is 0.326 e. The first-order chi connectivity index (χ1) is 10.6. The maximum absolute atomic E-state index is 12.1. The Bertz CT molecular complexity index is 542. The fourth-order valence-electron chi connectivity index (χ4n) is 2.22. The fourth-order valence-corrected chi connectivity index (χ4v) is 3.37. The van der Waals surface area contributed by atoms with Crippen molar-refractivity contribution in [2.24, 2.45) is 0 Å². The predicted molar refractivity (Wildman–Crippen MR) is 80.9 cm³/mol. The van der Waals surface area contributed by atoms with Crippen LogP contribution in [0.4, 0.5) is 0 Å². The van der Waals surface area contributed by atoms with Gasteiger partial charge in [-0.15, -0.1) is 0 Å². The molecule has 7 heteroatoms.